The highest BCUT2D eigenvalue weighted by atomic mass is 19.1. The Morgan fingerprint density at radius 2 is 2.09 bits per heavy atom. The van der Waals surface area contributed by atoms with Gasteiger partial charge in [0, 0.05) is 18.3 Å². The predicted octanol–water partition coefficient (Wildman–Crippen LogP) is 4.23. The number of fused-ring (bicyclic) bond motifs is 1. The normalized spacial score (nSPS) is 20.3. The Balaban J connectivity index is 1.44. The van der Waals surface area contributed by atoms with Gasteiger partial charge in [-0.3, -0.25) is 0 Å². The summed E-state index contributed by atoms with van der Waals surface area (Å²) >= 11 is 0. The summed E-state index contributed by atoms with van der Waals surface area (Å²) in [5, 5.41) is 14.5. The number of aromatic nitrogens is 1. The Morgan fingerprint density at radius 1 is 1.23 bits per heavy atom. The minimum Gasteiger partial charge on any atom is -0.496 e. The summed E-state index contributed by atoms with van der Waals surface area (Å²) in [5.41, 5.74) is 3.80. The van der Waals surface area contributed by atoms with E-state index in [9.17, 15) is 9.50 Å². The van der Waals surface area contributed by atoms with Crippen molar-refractivity contribution in [2.45, 2.75) is 26.0 Å². The molecule has 0 radical (unpaired) electrons. The molecule has 182 valence electrons. The van der Waals surface area contributed by atoms with Crippen molar-refractivity contribution in [3.63, 3.8) is 0 Å². The summed E-state index contributed by atoms with van der Waals surface area (Å²) in [7, 11) is 1.65. The molecule has 1 fully saturated rings. The van der Waals surface area contributed by atoms with Gasteiger partial charge in [0.25, 0.3) is 5.72 Å². The van der Waals surface area contributed by atoms with Crippen LogP contribution >= 0.6 is 0 Å². The van der Waals surface area contributed by atoms with Crippen LogP contribution in [0.4, 0.5) is 4.39 Å². The number of amidine groups is 1. The number of H-pyrrole nitrogens is 1. The maximum atomic E-state index is 14.9. The molecule has 2 N–H and O–H groups in total. The van der Waals surface area contributed by atoms with E-state index in [2.05, 4.69) is 16.2 Å². The smallest absolute Gasteiger partial charge is 0.263 e. The van der Waals surface area contributed by atoms with E-state index in [1.165, 1.54) is 11.6 Å². The Hall–Kier alpha value is -3.78. The predicted molar refractivity (Wildman–Crippen MR) is 130 cm³/mol. The molecule has 7 nitrogen and oxygen atoms in total. The zero-order valence-electron chi connectivity index (χ0n) is 20.0. The van der Waals surface area contributed by atoms with Crippen LogP contribution in [-0.4, -0.2) is 47.7 Å². The second-order valence-electron chi connectivity index (χ2n) is 8.88. The van der Waals surface area contributed by atoms with Crippen molar-refractivity contribution in [3.8, 4) is 5.75 Å². The molecule has 1 aromatic heterocycles. The van der Waals surface area contributed by atoms with E-state index in [-0.39, 0.29) is 5.56 Å². The van der Waals surface area contributed by atoms with E-state index in [4.69, 9.17) is 14.3 Å². The zero-order chi connectivity index (χ0) is 24.6. The molecular weight excluding hydrogens is 449 g/mol. The number of benzene rings is 2. The Bertz CT molecular complexity index is 1320. The average molecular weight is 478 g/mol. The largest absolute Gasteiger partial charge is 0.496 e. The minimum atomic E-state index is -1.44. The van der Waals surface area contributed by atoms with Crippen molar-refractivity contribution >= 4 is 11.9 Å². The van der Waals surface area contributed by atoms with Crippen LogP contribution in [0.5, 0.6) is 5.75 Å². The van der Waals surface area contributed by atoms with Crippen LogP contribution in [0, 0.1) is 19.7 Å². The number of morpholine rings is 1. The fourth-order valence-electron chi connectivity index (χ4n) is 4.64. The molecule has 8 heteroatoms. The number of halogens is 1. The molecule has 1 unspecified atom stereocenters. The van der Waals surface area contributed by atoms with Gasteiger partial charge in [-0.05, 0) is 66.4 Å². The van der Waals surface area contributed by atoms with E-state index in [0.717, 1.165) is 34.6 Å². The summed E-state index contributed by atoms with van der Waals surface area (Å²) in [4.78, 5) is 10.7. The van der Waals surface area contributed by atoms with Crippen LogP contribution in [0.15, 0.2) is 59.6 Å². The fourth-order valence-corrected chi connectivity index (χ4v) is 4.64. The molecule has 0 aliphatic carbocycles. The van der Waals surface area contributed by atoms with E-state index in [1.54, 1.807) is 24.1 Å². The van der Waals surface area contributed by atoms with Crippen molar-refractivity contribution in [2.24, 2.45) is 5.16 Å². The van der Waals surface area contributed by atoms with Crippen LogP contribution < -0.4 is 4.74 Å². The van der Waals surface area contributed by atoms with Gasteiger partial charge < -0.3 is 29.3 Å². The third kappa shape index (κ3) is 4.14. The summed E-state index contributed by atoms with van der Waals surface area (Å²) in [5.74, 6) is 1.21. The summed E-state index contributed by atoms with van der Waals surface area (Å²) in [6.45, 7) is 4.10. The zero-order valence-corrected chi connectivity index (χ0v) is 20.0. The first-order valence-corrected chi connectivity index (χ1v) is 11.5. The molecule has 3 aromatic rings. The van der Waals surface area contributed by atoms with Crippen LogP contribution in [0.1, 0.15) is 33.5 Å². The van der Waals surface area contributed by atoms with E-state index < -0.39 is 18.1 Å². The number of oxime groups is 1. The molecule has 3 heterocycles. The van der Waals surface area contributed by atoms with Crippen molar-refractivity contribution in [2.75, 3.05) is 26.9 Å². The van der Waals surface area contributed by atoms with Crippen molar-refractivity contribution in [1.29, 1.82) is 0 Å². The van der Waals surface area contributed by atoms with Gasteiger partial charge in [0.15, 0.2) is 5.76 Å². The molecular formula is C27H28FN3O4. The lowest BCUT2D eigenvalue weighted by molar-refractivity contribution is -0.143. The van der Waals surface area contributed by atoms with E-state index >= 15 is 0 Å². The molecule has 1 saturated heterocycles. The third-order valence-electron chi connectivity index (χ3n) is 6.42. The van der Waals surface area contributed by atoms with Gasteiger partial charge in [-0.2, -0.15) is 0 Å². The second kappa shape index (κ2) is 9.11. The first-order chi connectivity index (χ1) is 16.9. The van der Waals surface area contributed by atoms with Crippen LogP contribution in [0.25, 0.3) is 6.08 Å². The van der Waals surface area contributed by atoms with Crippen LogP contribution in [0.2, 0.25) is 0 Å². The molecule has 0 bridgehead atoms. The van der Waals surface area contributed by atoms with E-state index in [0.29, 0.717) is 24.7 Å². The van der Waals surface area contributed by atoms with Crippen molar-refractivity contribution in [3.05, 3.63) is 93.7 Å². The SMILES string of the molecule is COc1cc(C=C2OCCN3C2=NOC3(CO)c2ccc(C)cc2F)ccc1Cc1c[nH]c(C)c1. The Morgan fingerprint density at radius 3 is 2.80 bits per heavy atom. The van der Waals surface area contributed by atoms with Gasteiger partial charge in [-0.25, -0.2) is 4.39 Å². The van der Waals surface area contributed by atoms with Gasteiger partial charge >= 0.3 is 0 Å². The average Bonchev–Trinajstić information content (AvgIpc) is 3.44. The number of aryl methyl sites for hydroxylation is 2. The van der Waals surface area contributed by atoms with E-state index in [1.807, 2.05) is 44.3 Å². The first kappa shape index (κ1) is 23.0. The highest BCUT2D eigenvalue weighted by Crippen LogP contribution is 2.40. The van der Waals surface area contributed by atoms with Gasteiger partial charge in [0.1, 0.15) is 24.8 Å². The van der Waals surface area contributed by atoms with Gasteiger partial charge in [-0.15, -0.1) is 0 Å². The Labute approximate surface area is 203 Å². The highest BCUT2D eigenvalue weighted by molar-refractivity contribution is 6.01. The lowest BCUT2D eigenvalue weighted by Crippen LogP contribution is -2.53. The number of ether oxygens (including phenoxy) is 2. The molecule has 5 rings (SSSR count). The summed E-state index contributed by atoms with van der Waals surface area (Å²) in [6, 6.07) is 12.9. The molecule has 0 amide bonds. The summed E-state index contributed by atoms with van der Waals surface area (Å²) in [6.07, 6.45) is 4.59. The van der Waals surface area contributed by atoms with Gasteiger partial charge in [0.05, 0.1) is 19.2 Å². The standard InChI is InChI=1S/C27H28FN3O4/c1-17-4-7-22(23(28)10-17)27(16-32)31-8-9-34-25(26(31)30-35-27)14-19-5-6-21(24(13-19)33-3)12-20-11-18(2)29-15-20/h4-7,10-11,13-15,29,32H,8-9,12,16H2,1-3H3. The number of hydrogen-bond donors (Lipinski definition) is 2. The lowest BCUT2D eigenvalue weighted by Gasteiger charge is -2.38. The lowest BCUT2D eigenvalue weighted by atomic mass is 9.98. The molecule has 0 spiro atoms. The first-order valence-electron chi connectivity index (χ1n) is 11.5. The number of rotatable bonds is 6. The monoisotopic (exact) mass is 477 g/mol. The number of nitrogens with one attached hydrogen (secondary N) is 1. The summed E-state index contributed by atoms with van der Waals surface area (Å²) < 4.78 is 26.4. The molecule has 0 saturated carbocycles. The maximum Gasteiger partial charge on any atom is 0.263 e. The van der Waals surface area contributed by atoms with Crippen molar-refractivity contribution < 1.29 is 23.8 Å². The van der Waals surface area contributed by atoms with Crippen LogP contribution in [-0.2, 0) is 21.7 Å². The number of hydrogen-bond acceptors (Lipinski definition) is 6. The number of aliphatic hydroxyl groups excluding tert-OH is 1. The Kier molecular flexibility index (Phi) is 5.98. The fraction of sp³-hybridized carbons (Fsp3) is 0.296. The molecule has 2 aromatic carbocycles. The number of aliphatic hydroxyl groups is 1. The van der Waals surface area contributed by atoms with Gasteiger partial charge in [0.2, 0.25) is 5.84 Å². The minimum absolute atomic E-state index is 0.233. The van der Waals surface area contributed by atoms with Crippen LogP contribution in [0.3, 0.4) is 0 Å². The number of nitrogens with zero attached hydrogens (tertiary/aromatic N) is 2. The molecule has 2 aliphatic heterocycles. The molecule has 2 aliphatic rings. The quantitative estimate of drug-likeness (QED) is 0.556. The van der Waals surface area contributed by atoms with Gasteiger partial charge in [-0.1, -0.05) is 23.4 Å². The molecule has 35 heavy (non-hydrogen) atoms. The second-order valence-corrected chi connectivity index (χ2v) is 8.88. The highest BCUT2D eigenvalue weighted by Gasteiger charge is 2.51. The number of aromatic amines is 1. The third-order valence-corrected chi connectivity index (χ3v) is 6.42. The van der Waals surface area contributed by atoms with Crippen molar-refractivity contribution in [1.82, 2.24) is 9.88 Å². The number of methoxy groups -OCH3 is 1. The topological polar surface area (TPSA) is 79.3 Å². The maximum absolute atomic E-state index is 14.9. The molecule has 1 atom stereocenters.